The third kappa shape index (κ3) is 5.41. The van der Waals surface area contributed by atoms with Crippen molar-refractivity contribution in [1.29, 1.82) is 0 Å². The van der Waals surface area contributed by atoms with Gasteiger partial charge in [-0.1, -0.05) is 31.3 Å². The number of hydrogen-bond donors (Lipinski definition) is 3. The van der Waals surface area contributed by atoms with Crippen LogP contribution in [-0.4, -0.2) is 36.3 Å². The first-order chi connectivity index (χ1) is 14.0. The van der Waals surface area contributed by atoms with E-state index in [4.69, 9.17) is 14.7 Å². The topological polar surface area (TPSA) is 92.7 Å². The quantitative estimate of drug-likeness (QED) is 0.392. The molecule has 0 bridgehead atoms. The first kappa shape index (κ1) is 22.5. The summed E-state index contributed by atoms with van der Waals surface area (Å²) in [5.74, 6) is -0.558. The summed E-state index contributed by atoms with van der Waals surface area (Å²) in [6.45, 7) is 5.51. The summed E-state index contributed by atoms with van der Waals surface area (Å²) < 4.78 is 19.4. The number of nitrogens with one attached hydrogen (secondary N) is 2. The van der Waals surface area contributed by atoms with Gasteiger partial charge in [0, 0.05) is 11.5 Å². The van der Waals surface area contributed by atoms with Crippen molar-refractivity contribution < 1.29 is 23.9 Å². The average Bonchev–Trinajstić information content (AvgIpc) is 3.08. The van der Waals surface area contributed by atoms with Gasteiger partial charge in [0.15, 0.2) is 0 Å². The number of carbonyl (C=O) groups excluding carboxylic acids is 1. The minimum atomic E-state index is -0.531. The van der Waals surface area contributed by atoms with E-state index in [9.17, 15) is 9.18 Å². The van der Waals surface area contributed by atoms with Crippen molar-refractivity contribution in [2.24, 2.45) is 0 Å². The molecule has 1 aromatic carbocycles. The Hall–Kier alpha value is -2.75. The Labute approximate surface area is 172 Å². The molecule has 0 saturated heterocycles. The fourth-order valence-electron chi connectivity index (χ4n) is 2.45. The zero-order chi connectivity index (χ0) is 21.4. The second-order valence-electron chi connectivity index (χ2n) is 5.62. The summed E-state index contributed by atoms with van der Waals surface area (Å²) in [5.41, 5.74) is 3.57. The maximum Gasteiger partial charge on any atom is 0.278 e. The smallest absolute Gasteiger partial charge is 0.278 e. The van der Waals surface area contributed by atoms with Crippen molar-refractivity contribution >= 4 is 38.1 Å². The van der Waals surface area contributed by atoms with Crippen LogP contribution in [0.5, 0.6) is 5.88 Å². The van der Waals surface area contributed by atoms with Crippen LogP contribution in [0.2, 0.25) is 0 Å². The van der Waals surface area contributed by atoms with Gasteiger partial charge >= 0.3 is 0 Å². The van der Waals surface area contributed by atoms with E-state index in [0.29, 0.717) is 21.1 Å². The van der Waals surface area contributed by atoms with Crippen molar-refractivity contribution in [3.05, 3.63) is 47.3 Å². The molecule has 0 fully saturated rings. The summed E-state index contributed by atoms with van der Waals surface area (Å²) in [6.07, 6.45) is 0. The number of halogens is 1. The number of fused-ring (bicyclic) bond motifs is 1. The lowest BCUT2D eigenvalue weighted by molar-refractivity contribution is 0.0170. The first-order valence-electron chi connectivity index (χ1n) is 9.07. The molecule has 0 aliphatic heterocycles. The van der Waals surface area contributed by atoms with E-state index in [1.54, 1.807) is 31.2 Å². The highest BCUT2D eigenvalue weighted by Crippen LogP contribution is 2.38. The summed E-state index contributed by atoms with van der Waals surface area (Å²) >= 11 is 1.19. The first-order valence-corrected chi connectivity index (χ1v) is 9.89. The molecule has 3 rings (SSSR count). The van der Waals surface area contributed by atoms with Crippen LogP contribution < -0.4 is 15.5 Å². The average molecular weight is 421 g/mol. The van der Waals surface area contributed by atoms with Crippen molar-refractivity contribution in [3.63, 3.8) is 0 Å². The largest absolute Gasteiger partial charge is 0.481 e. The van der Waals surface area contributed by atoms with Crippen LogP contribution >= 0.6 is 11.3 Å². The number of nitrogens with zero attached hydrogens (tertiary/aromatic N) is 1. The third-order valence-electron chi connectivity index (χ3n) is 3.70. The van der Waals surface area contributed by atoms with Crippen LogP contribution in [-0.2, 0) is 4.84 Å². The van der Waals surface area contributed by atoms with Crippen LogP contribution in [0.4, 0.5) is 15.1 Å². The van der Waals surface area contributed by atoms with E-state index in [1.165, 1.54) is 24.5 Å². The second kappa shape index (κ2) is 10.7. The van der Waals surface area contributed by atoms with Crippen LogP contribution in [0.15, 0.2) is 30.3 Å². The van der Waals surface area contributed by atoms with Crippen molar-refractivity contribution in [1.82, 2.24) is 10.5 Å². The summed E-state index contributed by atoms with van der Waals surface area (Å²) in [5, 5.41) is 12.7. The van der Waals surface area contributed by atoms with Gasteiger partial charge in [0.25, 0.3) is 5.91 Å². The number of amides is 1. The van der Waals surface area contributed by atoms with Crippen LogP contribution in [0.1, 0.15) is 29.8 Å². The van der Waals surface area contributed by atoms with Crippen LogP contribution in [0.3, 0.4) is 0 Å². The second-order valence-corrected chi connectivity index (χ2v) is 6.62. The number of aliphatic hydroxyl groups is 1. The van der Waals surface area contributed by atoms with Gasteiger partial charge in [-0.2, -0.15) is 0 Å². The van der Waals surface area contributed by atoms with E-state index in [-0.39, 0.29) is 24.5 Å². The molecule has 0 atom stereocenters. The number of methoxy groups -OCH3 is 1. The Morgan fingerprint density at radius 1 is 1.28 bits per heavy atom. The molecule has 156 valence electrons. The number of thiophene rings is 1. The fourth-order valence-corrected chi connectivity index (χ4v) is 3.52. The maximum atomic E-state index is 14.2. The number of carbonyl (C=O) groups is 1. The Morgan fingerprint density at radius 2 is 2.03 bits per heavy atom. The standard InChI is InChI=1S/C18H18FN3O4S.C2H6/c1-10-3-5-13(12(19)9-10)20-18-15(16(24)22-26-8-7-23)11-4-6-14(25-2)21-17(11)27-18;1-2/h3-6,9,20,23H,7-8H2,1-2H3,(H,22,24);1-2H3. The number of pyridine rings is 1. The zero-order valence-electron chi connectivity index (χ0n) is 16.7. The summed E-state index contributed by atoms with van der Waals surface area (Å²) in [6, 6.07) is 8.12. The number of anilines is 2. The van der Waals surface area contributed by atoms with E-state index in [0.717, 1.165) is 5.56 Å². The number of ether oxygens (including phenoxy) is 1. The molecule has 0 aliphatic carbocycles. The predicted octanol–water partition coefficient (Wildman–Crippen LogP) is 4.18. The molecular weight excluding hydrogens is 397 g/mol. The molecule has 0 unspecified atom stereocenters. The van der Waals surface area contributed by atoms with Gasteiger partial charge in [-0.25, -0.2) is 14.9 Å². The Morgan fingerprint density at radius 3 is 2.69 bits per heavy atom. The summed E-state index contributed by atoms with van der Waals surface area (Å²) in [7, 11) is 1.50. The molecule has 0 spiro atoms. The number of rotatable bonds is 7. The van der Waals surface area contributed by atoms with Crippen molar-refractivity contribution in [2.75, 3.05) is 25.6 Å². The molecule has 3 N–H and O–H groups in total. The maximum absolute atomic E-state index is 14.2. The van der Waals surface area contributed by atoms with Crippen LogP contribution in [0, 0.1) is 12.7 Å². The highest BCUT2D eigenvalue weighted by molar-refractivity contribution is 7.23. The molecular formula is C20H24FN3O4S. The molecule has 7 nitrogen and oxygen atoms in total. The minimum absolute atomic E-state index is 0.0464. The zero-order valence-corrected chi connectivity index (χ0v) is 17.5. The Balaban J connectivity index is 0.00000145. The van der Waals surface area contributed by atoms with Gasteiger partial charge in [-0.15, -0.1) is 0 Å². The molecule has 9 heteroatoms. The summed E-state index contributed by atoms with van der Waals surface area (Å²) in [4.78, 5) is 22.4. The molecule has 3 aromatic rings. The van der Waals surface area contributed by atoms with Gasteiger partial charge in [0.05, 0.1) is 31.6 Å². The number of benzene rings is 1. The van der Waals surface area contributed by atoms with E-state index < -0.39 is 11.7 Å². The van der Waals surface area contributed by atoms with Gasteiger partial charge in [0.1, 0.15) is 15.6 Å². The number of aryl methyl sites for hydroxylation is 1. The fraction of sp³-hybridized carbons (Fsp3) is 0.300. The predicted molar refractivity (Wildman–Crippen MR) is 112 cm³/mol. The normalized spacial score (nSPS) is 10.3. The van der Waals surface area contributed by atoms with Gasteiger partial charge in [-0.3, -0.25) is 9.63 Å². The number of aliphatic hydroxyl groups excluding tert-OH is 1. The van der Waals surface area contributed by atoms with E-state index >= 15 is 0 Å². The van der Waals surface area contributed by atoms with Crippen LogP contribution in [0.25, 0.3) is 10.2 Å². The lowest BCUT2D eigenvalue weighted by Gasteiger charge is -2.09. The van der Waals surface area contributed by atoms with Crippen molar-refractivity contribution in [3.8, 4) is 5.88 Å². The monoisotopic (exact) mass is 421 g/mol. The number of aromatic nitrogens is 1. The van der Waals surface area contributed by atoms with Gasteiger partial charge in [-0.05, 0) is 30.7 Å². The molecule has 1 amide bonds. The molecule has 0 aliphatic rings. The molecule has 0 radical (unpaired) electrons. The lowest BCUT2D eigenvalue weighted by atomic mass is 10.2. The highest BCUT2D eigenvalue weighted by Gasteiger charge is 2.21. The third-order valence-corrected chi connectivity index (χ3v) is 4.71. The van der Waals surface area contributed by atoms with E-state index in [1.807, 2.05) is 13.8 Å². The molecule has 2 heterocycles. The molecule has 0 saturated carbocycles. The highest BCUT2D eigenvalue weighted by atomic mass is 32.1. The Kier molecular flexibility index (Phi) is 8.32. The molecule has 2 aromatic heterocycles. The number of hydrogen-bond acceptors (Lipinski definition) is 7. The van der Waals surface area contributed by atoms with Gasteiger partial charge in [0.2, 0.25) is 5.88 Å². The lowest BCUT2D eigenvalue weighted by Crippen LogP contribution is -2.25. The van der Waals surface area contributed by atoms with E-state index in [2.05, 4.69) is 15.8 Å². The SMILES string of the molecule is CC.COc1ccc2c(C(=O)NOCCO)c(Nc3ccc(C)cc3F)sc2n1. The number of hydroxylamine groups is 1. The minimum Gasteiger partial charge on any atom is -0.481 e. The van der Waals surface area contributed by atoms with Crippen molar-refractivity contribution in [2.45, 2.75) is 20.8 Å². The molecule has 29 heavy (non-hydrogen) atoms. The Bertz CT molecular complexity index is 978. The van der Waals surface area contributed by atoms with Gasteiger partial charge < -0.3 is 15.2 Å².